The van der Waals surface area contributed by atoms with Crippen molar-refractivity contribution in [3.63, 3.8) is 0 Å². The smallest absolute Gasteiger partial charge is 0.146 e. The first-order valence-corrected chi connectivity index (χ1v) is 6.69. The summed E-state index contributed by atoms with van der Waals surface area (Å²) in [6.07, 6.45) is 2.71. The molecule has 0 unspecified atom stereocenters. The van der Waals surface area contributed by atoms with E-state index in [2.05, 4.69) is 11.8 Å². The summed E-state index contributed by atoms with van der Waals surface area (Å²) in [4.78, 5) is 23.4. The third-order valence-electron chi connectivity index (χ3n) is 3.82. The number of hydrogen-bond donors (Lipinski definition) is 0. The molecule has 1 saturated carbocycles. The van der Waals surface area contributed by atoms with Crippen LogP contribution in [0.15, 0.2) is 30.3 Å². The molecule has 0 N–H and O–H groups in total. The van der Waals surface area contributed by atoms with E-state index in [9.17, 15) is 9.59 Å². The highest BCUT2D eigenvalue weighted by atomic mass is 16.2. The monoisotopic (exact) mass is 254 g/mol. The summed E-state index contributed by atoms with van der Waals surface area (Å²) in [6.45, 7) is 1.77. The number of Topliss-reactive ketones (excluding diaryl/α,β-unsaturated/α-hetero) is 2. The first-order chi connectivity index (χ1) is 9.13. The van der Waals surface area contributed by atoms with Crippen molar-refractivity contribution in [2.75, 3.05) is 0 Å². The lowest BCUT2D eigenvalue weighted by Gasteiger charge is -2.18. The second kappa shape index (κ2) is 5.84. The Labute approximate surface area is 114 Å². The first kappa shape index (κ1) is 13.5. The van der Waals surface area contributed by atoms with Crippen LogP contribution in [0, 0.1) is 17.3 Å². The Balaban J connectivity index is 1.84. The minimum atomic E-state index is -0.762. The number of ketones is 2. The van der Waals surface area contributed by atoms with Gasteiger partial charge in [-0.2, -0.15) is 0 Å². The lowest BCUT2D eigenvalue weighted by Crippen LogP contribution is -2.28. The van der Waals surface area contributed by atoms with Crippen LogP contribution in [0.2, 0.25) is 0 Å². The lowest BCUT2D eigenvalue weighted by molar-refractivity contribution is -0.134. The molecule has 2 rings (SSSR count). The van der Waals surface area contributed by atoms with Crippen LogP contribution in [0.4, 0.5) is 0 Å². The van der Waals surface area contributed by atoms with E-state index in [0.29, 0.717) is 25.7 Å². The fraction of sp³-hybridized carbons (Fsp3) is 0.412. The maximum Gasteiger partial charge on any atom is 0.146 e. The molecule has 0 spiro atoms. The van der Waals surface area contributed by atoms with Gasteiger partial charge in [0.05, 0.1) is 5.41 Å². The Bertz CT molecular complexity index is 515. The van der Waals surface area contributed by atoms with Crippen LogP contribution >= 0.6 is 0 Å². The highest BCUT2D eigenvalue weighted by molar-refractivity contribution is 6.12. The van der Waals surface area contributed by atoms with Crippen LogP contribution in [0.3, 0.4) is 0 Å². The van der Waals surface area contributed by atoms with Crippen molar-refractivity contribution < 1.29 is 9.59 Å². The SMILES string of the molecule is CC1(CCC#CCc2ccccc2)C(=O)CCC1=O. The Morgan fingerprint density at radius 1 is 1.05 bits per heavy atom. The van der Waals surface area contributed by atoms with Crippen molar-refractivity contribution in [3.05, 3.63) is 35.9 Å². The van der Waals surface area contributed by atoms with Gasteiger partial charge >= 0.3 is 0 Å². The van der Waals surface area contributed by atoms with Gasteiger partial charge < -0.3 is 0 Å². The summed E-state index contributed by atoms with van der Waals surface area (Å²) in [5.41, 5.74) is 0.427. The van der Waals surface area contributed by atoms with Gasteiger partial charge in [-0.3, -0.25) is 9.59 Å². The van der Waals surface area contributed by atoms with E-state index in [4.69, 9.17) is 0 Å². The summed E-state index contributed by atoms with van der Waals surface area (Å²) in [7, 11) is 0. The Morgan fingerprint density at radius 3 is 2.32 bits per heavy atom. The molecule has 19 heavy (non-hydrogen) atoms. The second-order valence-electron chi connectivity index (χ2n) is 5.19. The standard InChI is InChI=1S/C17H18O2/c1-17(15(18)11-12-16(17)19)13-7-3-6-10-14-8-4-2-5-9-14/h2,4-5,8-9H,7,10-13H2,1H3. The average molecular weight is 254 g/mol. The molecule has 98 valence electrons. The van der Waals surface area contributed by atoms with E-state index >= 15 is 0 Å². The van der Waals surface area contributed by atoms with Crippen LogP contribution in [0.5, 0.6) is 0 Å². The first-order valence-electron chi connectivity index (χ1n) is 6.69. The van der Waals surface area contributed by atoms with Crippen molar-refractivity contribution >= 4 is 11.6 Å². The normalized spacial score (nSPS) is 17.1. The molecule has 0 bridgehead atoms. The number of hydrogen-bond acceptors (Lipinski definition) is 2. The van der Waals surface area contributed by atoms with Crippen molar-refractivity contribution in [2.45, 2.75) is 39.0 Å². The second-order valence-corrected chi connectivity index (χ2v) is 5.19. The van der Waals surface area contributed by atoms with Gasteiger partial charge in [-0.05, 0) is 18.9 Å². The van der Waals surface area contributed by atoms with Crippen LogP contribution < -0.4 is 0 Å². The summed E-state index contributed by atoms with van der Waals surface area (Å²) in [6, 6.07) is 10.1. The van der Waals surface area contributed by atoms with E-state index in [1.54, 1.807) is 6.92 Å². The molecule has 2 nitrogen and oxygen atoms in total. The fourth-order valence-electron chi connectivity index (χ4n) is 2.37. The molecule has 2 heteroatoms. The maximum absolute atomic E-state index is 11.7. The highest BCUT2D eigenvalue weighted by Crippen LogP contribution is 2.35. The molecular weight excluding hydrogens is 236 g/mol. The van der Waals surface area contributed by atoms with Crippen LogP contribution in [0.1, 0.15) is 38.2 Å². The van der Waals surface area contributed by atoms with Gasteiger partial charge in [0.1, 0.15) is 11.6 Å². The summed E-state index contributed by atoms with van der Waals surface area (Å²) in [5.74, 6) is 6.34. The zero-order valence-corrected chi connectivity index (χ0v) is 11.2. The van der Waals surface area contributed by atoms with Gasteiger partial charge in [0.15, 0.2) is 0 Å². The van der Waals surface area contributed by atoms with Gasteiger partial charge in [-0.1, -0.05) is 36.3 Å². The van der Waals surface area contributed by atoms with Gasteiger partial charge in [0, 0.05) is 25.7 Å². The average Bonchev–Trinajstić information content (AvgIpc) is 2.68. The molecule has 1 aromatic rings. The lowest BCUT2D eigenvalue weighted by atomic mass is 9.82. The van der Waals surface area contributed by atoms with Crippen molar-refractivity contribution in [3.8, 4) is 11.8 Å². The van der Waals surface area contributed by atoms with Crippen LogP contribution in [-0.2, 0) is 16.0 Å². The Morgan fingerprint density at radius 2 is 1.68 bits per heavy atom. The van der Waals surface area contributed by atoms with Gasteiger partial charge in [-0.15, -0.1) is 5.92 Å². The van der Waals surface area contributed by atoms with E-state index in [-0.39, 0.29) is 11.6 Å². The van der Waals surface area contributed by atoms with Crippen LogP contribution in [-0.4, -0.2) is 11.6 Å². The number of carbonyl (C=O) groups excluding carboxylic acids is 2. The zero-order chi connectivity index (χ0) is 13.7. The number of rotatable bonds is 3. The van der Waals surface area contributed by atoms with E-state index < -0.39 is 5.41 Å². The van der Waals surface area contributed by atoms with Crippen LogP contribution in [0.25, 0.3) is 0 Å². The van der Waals surface area contributed by atoms with Crippen molar-refractivity contribution in [2.24, 2.45) is 5.41 Å². The third-order valence-corrected chi connectivity index (χ3v) is 3.82. The molecule has 0 radical (unpaired) electrons. The van der Waals surface area contributed by atoms with E-state index in [1.807, 2.05) is 30.3 Å². The molecule has 0 amide bonds. The molecule has 0 atom stereocenters. The predicted molar refractivity (Wildman–Crippen MR) is 74.5 cm³/mol. The molecule has 1 aliphatic carbocycles. The molecule has 0 aromatic heterocycles. The highest BCUT2D eigenvalue weighted by Gasteiger charge is 2.44. The summed E-state index contributed by atoms with van der Waals surface area (Å²) in [5, 5.41) is 0. The van der Waals surface area contributed by atoms with E-state index in [0.717, 1.165) is 6.42 Å². The molecule has 1 aromatic carbocycles. The number of carbonyl (C=O) groups is 2. The van der Waals surface area contributed by atoms with E-state index in [1.165, 1.54) is 5.56 Å². The van der Waals surface area contributed by atoms with Gasteiger partial charge in [0.2, 0.25) is 0 Å². The van der Waals surface area contributed by atoms with Crippen molar-refractivity contribution in [1.29, 1.82) is 0 Å². The predicted octanol–water partition coefficient (Wildman–Crippen LogP) is 2.95. The van der Waals surface area contributed by atoms with Gasteiger partial charge in [-0.25, -0.2) is 0 Å². The maximum atomic E-state index is 11.7. The molecule has 0 heterocycles. The Kier molecular flexibility index (Phi) is 4.16. The largest absolute Gasteiger partial charge is 0.299 e. The molecule has 0 saturated heterocycles. The molecular formula is C17H18O2. The molecule has 1 aliphatic rings. The minimum absolute atomic E-state index is 0.0855. The minimum Gasteiger partial charge on any atom is -0.299 e. The molecule has 0 aliphatic heterocycles. The third kappa shape index (κ3) is 3.12. The summed E-state index contributed by atoms with van der Waals surface area (Å²) < 4.78 is 0. The number of benzene rings is 1. The Hall–Kier alpha value is -1.88. The quantitative estimate of drug-likeness (QED) is 0.614. The van der Waals surface area contributed by atoms with Gasteiger partial charge in [0.25, 0.3) is 0 Å². The van der Waals surface area contributed by atoms with Crippen molar-refractivity contribution in [1.82, 2.24) is 0 Å². The fourth-order valence-corrected chi connectivity index (χ4v) is 2.37. The molecule has 1 fully saturated rings. The topological polar surface area (TPSA) is 34.1 Å². The summed E-state index contributed by atoms with van der Waals surface area (Å²) >= 11 is 0. The zero-order valence-electron chi connectivity index (χ0n) is 11.2.